The lowest BCUT2D eigenvalue weighted by molar-refractivity contribution is 1.29. The van der Waals surface area contributed by atoms with Crippen LogP contribution in [0.4, 0.5) is 0 Å². The fraction of sp³-hybridized carbons (Fsp3) is 0.333. The number of hydrogen-bond donors (Lipinski definition) is 0. The molecule has 0 atom stereocenters. The smallest absolute Gasteiger partial charge is 0.0000758 e. The van der Waals surface area contributed by atoms with Gasteiger partial charge in [0.25, 0.3) is 0 Å². The van der Waals surface area contributed by atoms with Crippen LogP contribution in [0, 0.1) is 96.9 Å². The summed E-state index contributed by atoms with van der Waals surface area (Å²) in [5.41, 5.74) is 20.3. The van der Waals surface area contributed by atoms with Crippen molar-refractivity contribution in [1.82, 2.24) is 0 Å². The number of fused-ring (bicyclic) bond motifs is 2. The molecule has 0 radical (unpaired) electrons. The Labute approximate surface area is 249 Å². The second kappa shape index (κ2) is 7.65. The Balaban J connectivity index is 2.04. The largest absolute Gasteiger partial charge is 0.0440 e. The molecule has 0 aliphatic rings. The highest BCUT2D eigenvalue weighted by molar-refractivity contribution is 6.51. The van der Waals surface area contributed by atoms with E-state index in [1.165, 1.54) is 153 Å². The van der Waals surface area contributed by atoms with Crippen LogP contribution in [0.5, 0.6) is 0 Å². The van der Waals surface area contributed by atoms with Gasteiger partial charge in [0.1, 0.15) is 0 Å². The predicted octanol–water partition coefficient (Wildman–Crippen LogP) is 12.4. The highest BCUT2D eigenvalue weighted by Crippen LogP contribution is 2.58. The Morgan fingerprint density at radius 2 is 0.262 bits per heavy atom. The molecule has 0 spiro atoms. The van der Waals surface area contributed by atoms with Gasteiger partial charge in [0.2, 0.25) is 0 Å². The van der Waals surface area contributed by atoms with Crippen molar-refractivity contribution in [2.45, 2.75) is 96.9 Å². The zero-order chi connectivity index (χ0) is 30.2. The van der Waals surface area contributed by atoms with Gasteiger partial charge in [-0.15, -0.1) is 0 Å². The monoisotopic (exact) mass is 546 g/mol. The minimum absolute atomic E-state index is 1.44. The average Bonchev–Trinajstić information content (AvgIpc) is 2.95. The Bertz CT molecular complexity index is 2210. The number of benzene rings is 8. The summed E-state index contributed by atoms with van der Waals surface area (Å²) in [4.78, 5) is 0. The van der Waals surface area contributed by atoms with Gasteiger partial charge in [-0.05, 0) is 250 Å². The maximum absolute atomic E-state index is 2.41. The van der Waals surface area contributed by atoms with Crippen molar-refractivity contribution in [2.24, 2.45) is 0 Å². The van der Waals surface area contributed by atoms with Crippen LogP contribution in [-0.4, -0.2) is 0 Å². The Kier molecular flexibility index (Phi) is 4.74. The van der Waals surface area contributed by atoms with Gasteiger partial charge in [0, 0.05) is 0 Å². The van der Waals surface area contributed by atoms with Crippen LogP contribution in [0.3, 0.4) is 0 Å². The van der Waals surface area contributed by atoms with Crippen molar-refractivity contribution in [1.29, 1.82) is 0 Å². The molecule has 0 bridgehead atoms. The van der Waals surface area contributed by atoms with Crippen molar-refractivity contribution in [3.63, 3.8) is 0 Å². The zero-order valence-electron chi connectivity index (χ0n) is 28.0. The summed E-state index contributed by atoms with van der Waals surface area (Å²) in [7, 11) is 0. The number of rotatable bonds is 0. The fourth-order valence-corrected chi connectivity index (χ4v) is 9.75. The maximum Gasteiger partial charge on any atom is -0.0000758 e. The van der Waals surface area contributed by atoms with Crippen LogP contribution >= 0.6 is 0 Å². The van der Waals surface area contributed by atoms with Crippen LogP contribution in [0.2, 0.25) is 0 Å². The van der Waals surface area contributed by atoms with Crippen molar-refractivity contribution < 1.29 is 0 Å². The fourth-order valence-electron chi connectivity index (χ4n) is 9.75. The van der Waals surface area contributed by atoms with E-state index < -0.39 is 0 Å². The molecule has 8 rings (SSSR count). The molecule has 0 heterocycles. The molecule has 0 saturated heterocycles. The van der Waals surface area contributed by atoms with Crippen molar-refractivity contribution in [3.05, 3.63) is 77.9 Å². The Morgan fingerprint density at radius 3 is 0.452 bits per heavy atom. The van der Waals surface area contributed by atoms with Gasteiger partial charge >= 0.3 is 0 Å². The molecule has 0 saturated carbocycles. The van der Waals surface area contributed by atoms with Crippen molar-refractivity contribution in [2.75, 3.05) is 0 Å². The summed E-state index contributed by atoms with van der Waals surface area (Å²) in [5.74, 6) is 0. The van der Waals surface area contributed by atoms with Crippen LogP contribution < -0.4 is 0 Å². The molecule has 8 aromatic carbocycles. The van der Waals surface area contributed by atoms with E-state index in [1.54, 1.807) is 0 Å². The molecule has 0 heteroatoms. The third kappa shape index (κ3) is 2.44. The molecule has 210 valence electrons. The molecular formula is C42H42. The minimum atomic E-state index is 1.44. The lowest BCUT2D eigenvalue weighted by Crippen LogP contribution is -2.07. The first-order chi connectivity index (χ1) is 19.7. The highest BCUT2D eigenvalue weighted by Gasteiger charge is 2.31. The summed E-state index contributed by atoms with van der Waals surface area (Å²) in [6, 6.07) is 0. The Hall–Kier alpha value is -3.64. The molecular weight excluding hydrogens is 504 g/mol. The first-order valence-corrected chi connectivity index (χ1v) is 15.8. The van der Waals surface area contributed by atoms with Gasteiger partial charge in [-0.3, -0.25) is 0 Å². The van der Waals surface area contributed by atoms with Crippen LogP contribution in [0.15, 0.2) is 0 Å². The van der Waals surface area contributed by atoms with E-state index in [0.717, 1.165) is 0 Å². The second-order valence-electron chi connectivity index (χ2n) is 14.0. The van der Waals surface area contributed by atoms with E-state index in [9.17, 15) is 0 Å². The third-order valence-electron chi connectivity index (χ3n) is 12.8. The number of aryl methyl sites for hydroxylation is 10. The molecule has 0 aromatic heterocycles. The third-order valence-corrected chi connectivity index (χ3v) is 12.8. The predicted molar refractivity (Wildman–Crippen MR) is 189 cm³/mol. The maximum atomic E-state index is 2.41. The van der Waals surface area contributed by atoms with Gasteiger partial charge in [-0.1, -0.05) is 0 Å². The molecule has 0 unspecified atom stereocenters. The quantitative estimate of drug-likeness (QED) is 0.131. The SMILES string of the molecule is Cc1c(C)c2c(C)c3c(C)c(C)c(C)c4c5c(C)c(C)c(C)c6c(C)c7c(C)c(C)c(C)c8c(c1C)c2c(c34)c(c78)c65. The standard InChI is InChI=1S/C42H42/c1-15-19(5)29-27(13)30-20(6)17(3)25(11)35-36-26(12)18(4)22(8)32-28(14)31-21(7)16(2)24(10)34-33(23(15)9)37(29)41(39(30)35)42(38(31)34)40(32)36/h1-14H3. The van der Waals surface area contributed by atoms with E-state index >= 15 is 0 Å². The first-order valence-electron chi connectivity index (χ1n) is 15.8. The number of hydrogen-bond acceptors (Lipinski definition) is 0. The highest BCUT2D eigenvalue weighted by atomic mass is 14.3. The zero-order valence-corrected chi connectivity index (χ0v) is 28.0. The van der Waals surface area contributed by atoms with Crippen LogP contribution in [0.25, 0.3) is 75.4 Å². The molecule has 42 heavy (non-hydrogen) atoms. The summed E-state index contributed by atoms with van der Waals surface area (Å²) >= 11 is 0. The molecule has 0 aliphatic heterocycles. The van der Waals surface area contributed by atoms with Crippen LogP contribution in [0.1, 0.15) is 77.9 Å². The van der Waals surface area contributed by atoms with E-state index in [1.807, 2.05) is 0 Å². The van der Waals surface area contributed by atoms with Gasteiger partial charge in [-0.2, -0.15) is 0 Å². The normalized spacial score (nSPS) is 13.0. The van der Waals surface area contributed by atoms with E-state index in [0.29, 0.717) is 0 Å². The van der Waals surface area contributed by atoms with Gasteiger partial charge in [0.05, 0.1) is 0 Å². The topological polar surface area (TPSA) is 0 Å². The summed E-state index contributed by atoms with van der Waals surface area (Å²) in [5, 5.41) is 21.0. The van der Waals surface area contributed by atoms with Gasteiger partial charge < -0.3 is 0 Å². The van der Waals surface area contributed by atoms with Crippen molar-refractivity contribution in [3.8, 4) is 0 Å². The van der Waals surface area contributed by atoms with Gasteiger partial charge in [0.15, 0.2) is 0 Å². The first kappa shape index (κ1) is 26.0. The van der Waals surface area contributed by atoms with E-state index in [4.69, 9.17) is 0 Å². The Morgan fingerprint density at radius 1 is 0.119 bits per heavy atom. The van der Waals surface area contributed by atoms with E-state index in [2.05, 4.69) is 96.9 Å². The molecule has 0 aliphatic carbocycles. The van der Waals surface area contributed by atoms with Crippen LogP contribution in [-0.2, 0) is 0 Å². The molecule has 0 N–H and O–H groups in total. The molecule has 8 aromatic rings. The van der Waals surface area contributed by atoms with Crippen molar-refractivity contribution >= 4 is 75.4 Å². The molecule has 0 nitrogen and oxygen atoms in total. The molecule has 0 fully saturated rings. The van der Waals surface area contributed by atoms with E-state index in [-0.39, 0.29) is 0 Å². The summed E-state index contributed by atoms with van der Waals surface area (Å²) in [6.07, 6.45) is 0. The summed E-state index contributed by atoms with van der Waals surface area (Å²) in [6.45, 7) is 33.3. The van der Waals surface area contributed by atoms with Gasteiger partial charge in [-0.25, -0.2) is 0 Å². The molecule has 0 amide bonds. The minimum Gasteiger partial charge on any atom is -0.0440 e. The lowest BCUT2D eigenvalue weighted by atomic mass is 9.71. The summed E-state index contributed by atoms with van der Waals surface area (Å²) < 4.78 is 0. The average molecular weight is 547 g/mol. The second-order valence-corrected chi connectivity index (χ2v) is 14.0. The lowest BCUT2D eigenvalue weighted by Gasteiger charge is -2.31.